The number of likely N-dealkylation sites (N-methyl/N-ethyl adjacent to an activating group) is 1. The summed E-state index contributed by atoms with van der Waals surface area (Å²) in [5, 5.41) is 0.728. The highest BCUT2D eigenvalue weighted by molar-refractivity contribution is 7.22. The summed E-state index contributed by atoms with van der Waals surface area (Å²) >= 11 is 1.55. The average Bonchev–Trinajstić information content (AvgIpc) is 3.06. The lowest BCUT2D eigenvalue weighted by atomic mass is 10.1. The molecule has 0 aliphatic carbocycles. The van der Waals surface area contributed by atoms with Crippen molar-refractivity contribution in [1.82, 2.24) is 4.98 Å². The zero-order chi connectivity index (χ0) is 18.7. The number of rotatable bonds is 6. The molecule has 0 saturated heterocycles. The Hall–Kier alpha value is -2.44. The first-order chi connectivity index (χ1) is 12.5. The number of hydrogen-bond acceptors (Lipinski definition) is 4. The second-order valence-corrected chi connectivity index (χ2v) is 7.54. The van der Waals surface area contributed by atoms with Crippen LogP contribution in [0.1, 0.15) is 15.9 Å². The number of carbonyl (C=O) groups is 1. The van der Waals surface area contributed by atoms with Gasteiger partial charge in [-0.15, -0.1) is 0 Å². The number of para-hydroxylation sites is 2. The molecule has 1 heterocycles. The van der Waals surface area contributed by atoms with Crippen molar-refractivity contribution >= 4 is 32.6 Å². The number of nitrogens with zero attached hydrogens (tertiary/aromatic N) is 2. The molecule has 136 valence electrons. The quantitative estimate of drug-likeness (QED) is 0.725. The maximum atomic E-state index is 13.3. The van der Waals surface area contributed by atoms with Gasteiger partial charge < -0.3 is 9.64 Å². The minimum Gasteiger partial charge on any atom is -0.496 e. The molecule has 3 aromatic rings. The third-order valence-electron chi connectivity index (χ3n) is 4.26. The molecule has 3 rings (SSSR count). The topological polar surface area (TPSA) is 46.9 Å². The van der Waals surface area contributed by atoms with E-state index in [1.807, 2.05) is 43.3 Å². The monoisotopic (exact) mass is 370 g/mol. The molecular weight excluding hydrogens is 346 g/mol. The van der Waals surface area contributed by atoms with Crippen LogP contribution in [-0.2, 0) is 0 Å². The third kappa shape index (κ3) is 3.71. The van der Waals surface area contributed by atoms with Gasteiger partial charge >= 0.3 is 0 Å². The van der Waals surface area contributed by atoms with Gasteiger partial charge in [0.2, 0.25) is 0 Å². The first-order valence-electron chi connectivity index (χ1n) is 8.61. The van der Waals surface area contributed by atoms with E-state index in [0.717, 1.165) is 27.5 Å². The lowest BCUT2D eigenvalue weighted by molar-refractivity contribution is -0.856. The lowest BCUT2D eigenvalue weighted by Gasteiger charge is -2.21. The molecule has 1 N–H and O–H groups in total. The molecule has 0 saturated carbocycles. The number of benzene rings is 2. The number of aromatic nitrogens is 1. The Morgan fingerprint density at radius 1 is 1.19 bits per heavy atom. The Labute approximate surface area is 157 Å². The number of anilines is 1. The minimum atomic E-state index is -0.0830. The zero-order valence-corrected chi connectivity index (χ0v) is 16.4. The van der Waals surface area contributed by atoms with Gasteiger partial charge in [0.05, 0.1) is 50.1 Å². The van der Waals surface area contributed by atoms with Gasteiger partial charge in [0, 0.05) is 0 Å². The van der Waals surface area contributed by atoms with Gasteiger partial charge in [-0.25, -0.2) is 4.98 Å². The molecule has 0 bridgehead atoms. The van der Waals surface area contributed by atoms with E-state index in [2.05, 4.69) is 14.1 Å². The van der Waals surface area contributed by atoms with Crippen LogP contribution in [0.4, 0.5) is 5.13 Å². The van der Waals surface area contributed by atoms with E-state index >= 15 is 0 Å². The summed E-state index contributed by atoms with van der Waals surface area (Å²) in [5.74, 6) is 0.498. The molecule has 0 fully saturated rings. The largest absolute Gasteiger partial charge is 0.496 e. The highest BCUT2D eigenvalue weighted by atomic mass is 32.1. The van der Waals surface area contributed by atoms with Crippen molar-refractivity contribution in [2.45, 2.75) is 6.92 Å². The van der Waals surface area contributed by atoms with Crippen molar-refractivity contribution in [3.8, 4) is 5.75 Å². The molecule has 26 heavy (non-hydrogen) atoms. The van der Waals surface area contributed by atoms with E-state index in [1.54, 1.807) is 29.4 Å². The molecule has 6 heteroatoms. The van der Waals surface area contributed by atoms with Gasteiger partial charge in [-0.2, -0.15) is 0 Å². The van der Waals surface area contributed by atoms with Crippen LogP contribution >= 0.6 is 11.3 Å². The second-order valence-electron chi connectivity index (χ2n) is 6.53. The van der Waals surface area contributed by atoms with Crippen molar-refractivity contribution < 1.29 is 14.4 Å². The van der Waals surface area contributed by atoms with Gasteiger partial charge in [0.1, 0.15) is 5.75 Å². The number of amides is 1. The second kappa shape index (κ2) is 7.85. The van der Waals surface area contributed by atoms with Gasteiger partial charge in [0.15, 0.2) is 5.13 Å². The summed E-state index contributed by atoms with van der Waals surface area (Å²) in [6.45, 7) is 3.47. The first-order valence-corrected chi connectivity index (χ1v) is 9.43. The third-order valence-corrected chi connectivity index (χ3v) is 5.30. The molecule has 0 aliphatic rings. The van der Waals surface area contributed by atoms with Crippen molar-refractivity contribution in [1.29, 1.82) is 0 Å². The number of quaternary nitrogens is 1. The molecule has 0 aliphatic heterocycles. The Morgan fingerprint density at radius 3 is 2.65 bits per heavy atom. The summed E-state index contributed by atoms with van der Waals surface area (Å²) in [4.78, 5) is 21.1. The van der Waals surface area contributed by atoms with Crippen LogP contribution in [0.15, 0.2) is 42.5 Å². The summed E-state index contributed by atoms with van der Waals surface area (Å²) in [6.07, 6.45) is 0. The predicted octanol–water partition coefficient (Wildman–Crippen LogP) is 2.40. The van der Waals surface area contributed by atoms with Crippen molar-refractivity contribution in [2.24, 2.45) is 0 Å². The minimum absolute atomic E-state index is 0.0830. The van der Waals surface area contributed by atoms with Crippen LogP contribution in [0.5, 0.6) is 5.75 Å². The molecule has 0 atom stereocenters. The molecule has 0 unspecified atom stereocenters. The first kappa shape index (κ1) is 18.4. The highest BCUT2D eigenvalue weighted by Gasteiger charge is 2.24. The standard InChI is InChI=1S/C20H23N3O2S/c1-14-8-7-11-17-18(14)21-20(26-17)23(13-12-22(2)3)19(24)15-9-5-6-10-16(15)25-4/h5-11H,12-13H2,1-4H3/p+1. The van der Waals surface area contributed by atoms with E-state index in [0.29, 0.717) is 17.9 Å². The molecular formula is C20H24N3O2S+. The maximum absolute atomic E-state index is 13.3. The number of carbonyl (C=O) groups excluding carboxylic acids is 1. The molecule has 0 radical (unpaired) electrons. The summed E-state index contributed by atoms with van der Waals surface area (Å²) in [7, 11) is 5.74. The Morgan fingerprint density at radius 2 is 1.96 bits per heavy atom. The molecule has 5 nitrogen and oxygen atoms in total. The van der Waals surface area contributed by atoms with Gasteiger partial charge in [-0.3, -0.25) is 9.69 Å². The molecule has 2 aromatic carbocycles. The van der Waals surface area contributed by atoms with Gasteiger partial charge in [-0.05, 0) is 30.7 Å². The Kier molecular flexibility index (Phi) is 5.54. The number of aryl methyl sites for hydroxylation is 1. The van der Waals surface area contributed by atoms with E-state index in [-0.39, 0.29) is 5.91 Å². The molecule has 1 aromatic heterocycles. The van der Waals surface area contributed by atoms with Crippen LogP contribution in [0.3, 0.4) is 0 Å². The number of hydrogen-bond donors (Lipinski definition) is 1. The van der Waals surface area contributed by atoms with Crippen LogP contribution in [-0.4, -0.2) is 45.2 Å². The average molecular weight is 370 g/mol. The van der Waals surface area contributed by atoms with E-state index in [1.165, 1.54) is 4.90 Å². The van der Waals surface area contributed by atoms with Crippen LogP contribution < -0.4 is 14.5 Å². The Balaban J connectivity index is 2.03. The summed E-state index contributed by atoms with van der Waals surface area (Å²) in [5.41, 5.74) is 2.63. The molecule has 1 amide bonds. The number of thiazole rings is 1. The van der Waals surface area contributed by atoms with E-state index in [4.69, 9.17) is 9.72 Å². The van der Waals surface area contributed by atoms with E-state index in [9.17, 15) is 4.79 Å². The fourth-order valence-corrected chi connectivity index (χ4v) is 3.84. The smallest absolute Gasteiger partial charge is 0.264 e. The fraction of sp³-hybridized carbons (Fsp3) is 0.300. The molecule has 0 spiro atoms. The highest BCUT2D eigenvalue weighted by Crippen LogP contribution is 2.32. The van der Waals surface area contributed by atoms with Gasteiger partial charge in [0.25, 0.3) is 5.91 Å². The van der Waals surface area contributed by atoms with Crippen molar-refractivity contribution in [3.63, 3.8) is 0 Å². The predicted molar refractivity (Wildman–Crippen MR) is 107 cm³/mol. The lowest BCUT2D eigenvalue weighted by Crippen LogP contribution is -3.06. The van der Waals surface area contributed by atoms with Gasteiger partial charge in [-0.1, -0.05) is 35.6 Å². The fourth-order valence-electron chi connectivity index (χ4n) is 2.78. The summed E-state index contributed by atoms with van der Waals surface area (Å²) < 4.78 is 6.48. The number of ether oxygens (including phenoxy) is 1. The normalized spacial score (nSPS) is 11.1. The number of fused-ring (bicyclic) bond motifs is 1. The van der Waals surface area contributed by atoms with Crippen LogP contribution in [0, 0.1) is 6.92 Å². The summed E-state index contributed by atoms with van der Waals surface area (Å²) in [6, 6.07) is 13.4. The Bertz CT molecular complexity index is 920. The van der Waals surface area contributed by atoms with Crippen LogP contribution in [0.25, 0.3) is 10.2 Å². The number of nitrogens with one attached hydrogen (secondary N) is 1. The van der Waals surface area contributed by atoms with Crippen molar-refractivity contribution in [2.75, 3.05) is 39.2 Å². The zero-order valence-electron chi connectivity index (χ0n) is 15.6. The van der Waals surface area contributed by atoms with Crippen LogP contribution in [0.2, 0.25) is 0 Å². The number of methoxy groups -OCH3 is 1. The van der Waals surface area contributed by atoms with E-state index < -0.39 is 0 Å². The SMILES string of the molecule is COc1ccccc1C(=O)N(CC[NH+](C)C)c1nc2c(C)cccc2s1. The van der Waals surface area contributed by atoms with Crippen molar-refractivity contribution in [3.05, 3.63) is 53.6 Å². The maximum Gasteiger partial charge on any atom is 0.264 e.